The predicted molar refractivity (Wildman–Crippen MR) is 85.0 cm³/mol. The van der Waals surface area contributed by atoms with Gasteiger partial charge in [-0.05, 0) is 48.7 Å². The Morgan fingerprint density at radius 3 is 2.60 bits per heavy atom. The number of carbonyl (C=O) groups excluding carboxylic acids is 1. The second-order valence-corrected chi connectivity index (χ2v) is 5.07. The van der Waals surface area contributed by atoms with E-state index in [9.17, 15) is 4.79 Å². The molecule has 0 aliphatic carbocycles. The summed E-state index contributed by atoms with van der Waals surface area (Å²) in [6, 6.07) is 13.3. The Morgan fingerprint density at radius 1 is 1.10 bits per heavy atom. The van der Waals surface area contributed by atoms with Crippen LogP contribution in [0, 0.1) is 13.8 Å². The summed E-state index contributed by atoms with van der Waals surface area (Å²) < 4.78 is 0. The van der Waals surface area contributed by atoms with Gasteiger partial charge in [0, 0.05) is 16.8 Å². The fourth-order valence-corrected chi connectivity index (χ4v) is 2.01. The van der Waals surface area contributed by atoms with E-state index in [1.54, 1.807) is 12.1 Å². The van der Waals surface area contributed by atoms with Crippen molar-refractivity contribution < 1.29 is 4.79 Å². The summed E-state index contributed by atoms with van der Waals surface area (Å²) in [5.74, 6) is -0.168. The Kier molecular flexibility index (Phi) is 4.59. The first-order valence-electron chi connectivity index (χ1n) is 6.37. The maximum atomic E-state index is 11.9. The quantitative estimate of drug-likeness (QED) is 0.820. The summed E-state index contributed by atoms with van der Waals surface area (Å²) in [6.07, 6.45) is 3.34. The molecule has 0 fully saturated rings. The van der Waals surface area contributed by atoms with Crippen LogP contribution in [0.15, 0.2) is 48.5 Å². The number of rotatable bonds is 3. The fraction of sp³-hybridized carbons (Fsp3) is 0.118. The van der Waals surface area contributed by atoms with Crippen LogP contribution in [0.5, 0.6) is 0 Å². The number of halogens is 1. The zero-order valence-electron chi connectivity index (χ0n) is 11.5. The summed E-state index contributed by atoms with van der Waals surface area (Å²) in [5, 5.41) is 3.44. The molecule has 2 nitrogen and oxygen atoms in total. The van der Waals surface area contributed by atoms with Gasteiger partial charge in [-0.1, -0.05) is 41.9 Å². The lowest BCUT2D eigenvalue weighted by atomic mass is 10.1. The lowest BCUT2D eigenvalue weighted by molar-refractivity contribution is -0.111. The molecule has 1 N–H and O–H groups in total. The van der Waals surface area contributed by atoms with Crippen LogP contribution in [-0.4, -0.2) is 5.91 Å². The molecular formula is C17H16ClNO. The molecule has 0 aromatic heterocycles. The summed E-state index contributed by atoms with van der Waals surface area (Å²) in [7, 11) is 0. The van der Waals surface area contributed by atoms with E-state index < -0.39 is 0 Å². The molecule has 2 aromatic carbocycles. The average Bonchev–Trinajstić information content (AvgIpc) is 2.42. The van der Waals surface area contributed by atoms with Crippen molar-refractivity contribution in [2.24, 2.45) is 0 Å². The zero-order valence-corrected chi connectivity index (χ0v) is 12.2. The summed E-state index contributed by atoms with van der Waals surface area (Å²) >= 11 is 5.92. The van der Waals surface area contributed by atoms with E-state index >= 15 is 0 Å². The van der Waals surface area contributed by atoms with E-state index in [4.69, 9.17) is 11.6 Å². The molecule has 2 rings (SSSR count). The molecule has 0 atom stereocenters. The molecule has 20 heavy (non-hydrogen) atoms. The van der Waals surface area contributed by atoms with Crippen LogP contribution in [-0.2, 0) is 4.79 Å². The third-order valence-corrected chi connectivity index (χ3v) is 3.30. The van der Waals surface area contributed by atoms with Crippen molar-refractivity contribution in [3.63, 3.8) is 0 Å². The van der Waals surface area contributed by atoms with Gasteiger partial charge in [-0.2, -0.15) is 0 Å². The predicted octanol–water partition coefficient (Wildman–Crippen LogP) is 4.61. The highest BCUT2D eigenvalue weighted by atomic mass is 35.5. The van der Waals surface area contributed by atoms with Crippen LogP contribution < -0.4 is 5.32 Å². The van der Waals surface area contributed by atoms with Crippen LogP contribution in [0.2, 0.25) is 5.02 Å². The largest absolute Gasteiger partial charge is 0.322 e. The summed E-state index contributed by atoms with van der Waals surface area (Å²) in [5.41, 5.74) is 3.88. The number of aryl methyl sites for hydroxylation is 2. The second-order valence-electron chi connectivity index (χ2n) is 4.64. The Hall–Kier alpha value is -2.06. The maximum Gasteiger partial charge on any atom is 0.248 e. The highest BCUT2D eigenvalue weighted by molar-refractivity contribution is 6.31. The standard InChI is InChI=1S/C17H16ClNO/c1-12-5-3-4-6-14(12)8-10-17(20)19-16-11-15(18)9-7-13(16)2/h3-11H,1-2H3,(H,19,20)/b10-8+. The molecule has 0 radical (unpaired) electrons. The molecule has 2 aromatic rings. The topological polar surface area (TPSA) is 29.1 Å². The number of carbonyl (C=O) groups is 1. The minimum absolute atomic E-state index is 0.168. The Bertz CT molecular complexity index is 662. The van der Waals surface area contributed by atoms with E-state index in [0.29, 0.717) is 5.02 Å². The molecule has 3 heteroatoms. The molecule has 0 saturated heterocycles. The normalized spacial score (nSPS) is 10.8. The van der Waals surface area contributed by atoms with E-state index in [2.05, 4.69) is 5.32 Å². The average molecular weight is 286 g/mol. The van der Waals surface area contributed by atoms with Crippen LogP contribution >= 0.6 is 11.6 Å². The highest BCUT2D eigenvalue weighted by Crippen LogP contribution is 2.20. The van der Waals surface area contributed by atoms with Crippen molar-refractivity contribution in [1.29, 1.82) is 0 Å². The minimum atomic E-state index is -0.168. The molecule has 0 spiro atoms. The van der Waals surface area contributed by atoms with E-state index in [-0.39, 0.29) is 5.91 Å². The first-order chi connectivity index (χ1) is 9.56. The van der Waals surface area contributed by atoms with Crippen molar-refractivity contribution in [2.45, 2.75) is 13.8 Å². The summed E-state index contributed by atoms with van der Waals surface area (Å²) in [4.78, 5) is 11.9. The molecule has 1 amide bonds. The molecule has 102 valence electrons. The van der Waals surface area contributed by atoms with Crippen LogP contribution in [0.4, 0.5) is 5.69 Å². The van der Waals surface area contributed by atoms with Crippen molar-refractivity contribution >= 4 is 29.3 Å². The van der Waals surface area contributed by atoms with Gasteiger partial charge < -0.3 is 5.32 Å². The lowest BCUT2D eigenvalue weighted by Gasteiger charge is -2.06. The Labute approximate surface area is 124 Å². The van der Waals surface area contributed by atoms with Gasteiger partial charge in [-0.3, -0.25) is 4.79 Å². The van der Waals surface area contributed by atoms with Gasteiger partial charge >= 0.3 is 0 Å². The number of nitrogens with one attached hydrogen (secondary N) is 1. The summed E-state index contributed by atoms with van der Waals surface area (Å²) in [6.45, 7) is 3.94. The van der Waals surface area contributed by atoms with Gasteiger partial charge in [0.1, 0.15) is 0 Å². The van der Waals surface area contributed by atoms with Crippen LogP contribution in [0.1, 0.15) is 16.7 Å². The van der Waals surface area contributed by atoms with Gasteiger partial charge in [0.15, 0.2) is 0 Å². The first kappa shape index (κ1) is 14.4. The van der Waals surface area contributed by atoms with Gasteiger partial charge in [0.25, 0.3) is 0 Å². The van der Waals surface area contributed by atoms with Gasteiger partial charge in [-0.25, -0.2) is 0 Å². The monoisotopic (exact) mass is 285 g/mol. The second kappa shape index (κ2) is 6.40. The Balaban J connectivity index is 2.10. The third kappa shape index (κ3) is 3.72. The lowest BCUT2D eigenvalue weighted by Crippen LogP contribution is -2.08. The number of anilines is 1. The SMILES string of the molecule is Cc1ccccc1/C=C/C(=O)Nc1cc(Cl)ccc1C. The molecule has 0 bridgehead atoms. The van der Waals surface area contributed by atoms with Crippen molar-refractivity contribution in [3.8, 4) is 0 Å². The molecule has 0 saturated carbocycles. The number of hydrogen-bond acceptors (Lipinski definition) is 1. The highest BCUT2D eigenvalue weighted by Gasteiger charge is 2.02. The van der Waals surface area contributed by atoms with Crippen LogP contribution in [0.3, 0.4) is 0 Å². The number of hydrogen-bond donors (Lipinski definition) is 1. The fourth-order valence-electron chi connectivity index (χ4n) is 1.84. The smallest absolute Gasteiger partial charge is 0.248 e. The number of benzene rings is 2. The van der Waals surface area contributed by atoms with Crippen molar-refractivity contribution in [2.75, 3.05) is 5.32 Å². The molecule has 0 aliphatic rings. The van der Waals surface area contributed by atoms with Crippen molar-refractivity contribution in [3.05, 3.63) is 70.3 Å². The van der Waals surface area contributed by atoms with Gasteiger partial charge in [0.05, 0.1) is 0 Å². The van der Waals surface area contributed by atoms with Gasteiger partial charge in [-0.15, -0.1) is 0 Å². The minimum Gasteiger partial charge on any atom is -0.322 e. The Morgan fingerprint density at radius 2 is 1.85 bits per heavy atom. The van der Waals surface area contributed by atoms with E-state index in [1.165, 1.54) is 6.08 Å². The first-order valence-corrected chi connectivity index (χ1v) is 6.75. The molecule has 0 aliphatic heterocycles. The third-order valence-electron chi connectivity index (χ3n) is 3.06. The van der Waals surface area contributed by atoms with Crippen LogP contribution in [0.25, 0.3) is 6.08 Å². The zero-order chi connectivity index (χ0) is 14.5. The molecule has 0 heterocycles. The molecular weight excluding hydrogens is 270 g/mol. The van der Waals surface area contributed by atoms with E-state index in [0.717, 1.165) is 22.4 Å². The maximum absolute atomic E-state index is 11.9. The van der Waals surface area contributed by atoms with E-state index in [1.807, 2.05) is 50.3 Å². The number of amides is 1. The van der Waals surface area contributed by atoms with Gasteiger partial charge in [0.2, 0.25) is 5.91 Å². The molecule has 0 unspecified atom stereocenters. The van der Waals surface area contributed by atoms with Crippen molar-refractivity contribution in [1.82, 2.24) is 0 Å².